The van der Waals surface area contributed by atoms with Crippen LogP contribution in [0.15, 0.2) is 29.1 Å². The van der Waals surface area contributed by atoms with Crippen LogP contribution in [0.4, 0.5) is 0 Å². The molecule has 7 heteroatoms. The SMILES string of the molecule is CN(CC(=O)O)C(=O)Cc1nn(C)c(=O)c2ccccc12. The number of nitrogens with zero attached hydrogens (tertiary/aromatic N) is 3. The van der Waals surface area contributed by atoms with Gasteiger partial charge in [0.05, 0.1) is 17.5 Å². The van der Waals surface area contributed by atoms with Gasteiger partial charge >= 0.3 is 5.97 Å². The van der Waals surface area contributed by atoms with Crippen molar-refractivity contribution in [1.82, 2.24) is 14.7 Å². The van der Waals surface area contributed by atoms with E-state index >= 15 is 0 Å². The highest BCUT2D eigenvalue weighted by Gasteiger charge is 2.16. The molecule has 21 heavy (non-hydrogen) atoms. The number of aromatic nitrogens is 2. The summed E-state index contributed by atoms with van der Waals surface area (Å²) in [6.07, 6.45) is -0.0571. The maximum absolute atomic E-state index is 12.0. The van der Waals surface area contributed by atoms with Gasteiger partial charge in [-0.15, -0.1) is 0 Å². The van der Waals surface area contributed by atoms with E-state index in [1.165, 1.54) is 18.8 Å². The number of hydrogen-bond acceptors (Lipinski definition) is 4. The molecular weight excluding hydrogens is 274 g/mol. The summed E-state index contributed by atoms with van der Waals surface area (Å²) in [7, 11) is 2.93. The van der Waals surface area contributed by atoms with Crippen LogP contribution in [0.3, 0.4) is 0 Å². The number of carbonyl (C=O) groups is 2. The molecule has 0 unspecified atom stereocenters. The Kier molecular flexibility index (Phi) is 4.02. The summed E-state index contributed by atoms with van der Waals surface area (Å²) in [6, 6.07) is 6.90. The minimum absolute atomic E-state index is 0.0571. The van der Waals surface area contributed by atoms with E-state index in [1.807, 2.05) is 0 Å². The summed E-state index contributed by atoms with van der Waals surface area (Å²) >= 11 is 0. The number of amides is 1. The van der Waals surface area contributed by atoms with Crippen LogP contribution in [0.25, 0.3) is 10.8 Å². The Morgan fingerprint density at radius 1 is 1.29 bits per heavy atom. The number of carbonyl (C=O) groups excluding carboxylic acids is 1. The molecule has 7 nitrogen and oxygen atoms in total. The largest absolute Gasteiger partial charge is 0.480 e. The Morgan fingerprint density at radius 2 is 1.90 bits per heavy atom. The first-order valence-corrected chi connectivity index (χ1v) is 6.31. The van der Waals surface area contributed by atoms with E-state index in [-0.39, 0.29) is 24.4 Å². The van der Waals surface area contributed by atoms with Gasteiger partial charge in [0.15, 0.2) is 0 Å². The molecule has 0 saturated heterocycles. The highest BCUT2D eigenvalue weighted by Crippen LogP contribution is 2.14. The highest BCUT2D eigenvalue weighted by molar-refractivity contribution is 5.89. The van der Waals surface area contributed by atoms with Crippen molar-refractivity contribution >= 4 is 22.6 Å². The summed E-state index contributed by atoms with van der Waals surface area (Å²) in [5.41, 5.74) is 0.218. The molecular formula is C14H15N3O4. The van der Waals surface area contributed by atoms with Gasteiger partial charge in [-0.05, 0) is 6.07 Å². The summed E-state index contributed by atoms with van der Waals surface area (Å²) in [6.45, 7) is -0.372. The smallest absolute Gasteiger partial charge is 0.323 e. The number of carboxylic acids is 1. The van der Waals surface area contributed by atoms with Gasteiger partial charge in [0.2, 0.25) is 5.91 Å². The third kappa shape index (κ3) is 3.07. The third-order valence-corrected chi connectivity index (χ3v) is 3.15. The first kappa shape index (κ1) is 14.7. The zero-order valence-corrected chi connectivity index (χ0v) is 11.7. The average molecular weight is 289 g/mol. The van der Waals surface area contributed by atoms with Crippen LogP contribution in [-0.4, -0.2) is 45.3 Å². The van der Waals surface area contributed by atoms with E-state index in [4.69, 9.17) is 5.11 Å². The Balaban J connectivity index is 2.39. The Morgan fingerprint density at radius 3 is 2.52 bits per heavy atom. The monoisotopic (exact) mass is 289 g/mol. The molecule has 0 radical (unpaired) electrons. The van der Waals surface area contributed by atoms with Gasteiger partial charge in [0.1, 0.15) is 6.54 Å². The normalized spacial score (nSPS) is 10.6. The van der Waals surface area contributed by atoms with Gasteiger partial charge in [-0.1, -0.05) is 18.2 Å². The zero-order valence-electron chi connectivity index (χ0n) is 11.7. The van der Waals surface area contributed by atoms with Crippen molar-refractivity contribution in [2.24, 2.45) is 7.05 Å². The van der Waals surface area contributed by atoms with Crippen LogP contribution >= 0.6 is 0 Å². The Hall–Kier alpha value is -2.70. The van der Waals surface area contributed by atoms with Crippen LogP contribution in [0.2, 0.25) is 0 Å². The topological polar surface area (TPSA) is 92.5 Å². The van der Waals surface area contributed by atoms with Crippen molar-refractivity contribution in [1.29, 1.82) is 0 Å². The second-order valence-electron chi connectivity index (χ2n) is 4.74. The van der Waals surface area contributed by atoms with Crippen molar-refractivity contribution in [2.75, 3.05) is 13.6 Å². The molecule has 1 aromatic carbocycles. The maximum Gasteiger partial charge on any atom is 0.323 e. The molecule has 2 rings (SSSR count). The number of fused-ring (bicyclic) bond motifs is 1. The fraction of sp³-hybridized carbons (Fsp3) is 0.286. The van der Waals surface area contributed by atoms with Crippen molar-refractivity contribution in [2.45, 2.75) is 6.42 Å². The Labute approximate surface area is 120 Å². The van der Waals surface area contributed by atoms with Gasteiger partial charge in [0, 0.05) is 19.5 Å². The van der Waals surface area contributed by atoms with Crippen LogP contribution < -0.4 is 5.56 Å². The number of benzene rings is 1. The predicted octanol–water partition coefficient (Wildman–Crippen LogP) is 0.0190. The maximum atomic E-state index is 12.0. The fourth-order valence-corrected chi connectivity index (χ4v) is 2.08. The van der Waals surface area contributed by atoms with Crippen molar-refractivity contribution in [3.05, 3.63) is 40.3 Å². The van der Waals surface area contributed by atoms with Crippen molar-refractivity contribution < 1.29 is 14.7 Å². The van der Waals surface area contributed by atoms with E-state index in [9.17, 15) is 14.4 Å². The van der Waals surface area contributed by atoms with Crippen molar-refractivity contribution in [3.8, 4) is 0 Å². The number of aryl methyl sites for hydroxylation is 1. The van der Waals surface area contributed by atoms with Crippen LogP contribution in [0, 0.1) is 0 Å². The summed E-state index contributed by atoms with van der Waals surface area (Å²) in [5, 5.41) is 13.9. The second kappa shape index (κ2) is 5.74. The third-order valence-electron chi connectivity index (χ3n) is 3.15. The predicted molar refractivity (Wildman–Crippen MR) is 76.0 cm³/mol. The minimum Gasteiger partial charge on any atom is -0.480 e. The first-order chi connectivity index (χ1) is 9.90. The van der Waals surface area contributed by atoms with Gasteiger partial charge in [0.25, 0.3) is 5.56 Å². The number of carboxylic acid groups (broad SMARTS) is 1. The molecule has 1 amide bonds. The molecule has 0 fully saturated rings. The van der Waals surface area contributed by atoms with Gasteiger partial charge < -0.3 is 10.0 Å². The average Bonchev–Trinajstić information content (AvgIpc) is 2.43. The standard InChI is InChI=1S/C14H15N3O4/c1-16(8-13(19)20)12(18)7-11-9-5-3-4-6-10(9)14(21)17(2)15-11/h3-6H,7-8H2,1-2H3,(H,19,20). The molecule has 0 atom stereocenters. The molecule has 110 valence electrons. The molecule has 0 spiro atoms. The summed E-state index contributed by atoms with van der Waals surface area (Å²) in [4.78, 5) is 35.7. The molecule has 0 aliphatic heterocycles. The minimum atomic E-state index is -1.08. The quantitative estimate of drug-likeness (QED) is 0.856. The van der Waals surface area contributed by atoms with E-state index in [1.54, 1.807) is 24.3 Å². The fourth-order valence-electron chi connectivity index (χ4n) is 2.08. The summed E-state index contributed by atoms with van der Waals surface area (Å²) < 4.78 is 1.18. The van der Waals surface area contributed by atoms with E-state index in [2.05, 4.69) is 5.10 Å². The molecule has 0 aliphatic carbocycles. The molecule has 0 bridgehead atoms. The lowest BCUT2D eigenvalue weighted by Gasteiger charge is -2.15. The molecule has 0 aliphatic rings. The van der Waals surface area contributed by atoms with E-state index in [0.717, 1.165) is 4.90 Å². The number of likely N-dealkylation sites (N-methyl/N-ethyl adjacent to an activating group) is 1. The second-order valence-corrected chi connectivity index (χ2v) is 4.74. The number of hydrogen-bond donors (Lipinski definition) is 1. The first-order valence-electron chi connectivity index (χ1n) is 6.31. The number of aliphatic carboxylic acids is 1. The molecule has 2 aromatic rings. The number of rotatable bonds is 4. The molecule has 1 N–H and O–H groups in total. The Bertz CT molecular complexity index is 766. The van der Waals surface area contributed by atoms with E-state index < -0.39 is 5.97 Å². The van der Waals surface area contributed by atoms with Crippen LogP contribution in [-0.2, 0) is 23.1 Å². The van der Waals surface area contributed by atoms with Gasteiger partial charge in [-0.2, -0.15) is 5.10 Å². The highest BCUT2D eigenvalue weighted by atomic mass is 16.4. The lowest BCUT2D eigenvalue weighted by Crippen LogP contribution is -2.34. The van der Waals surface area contributed by atoms with E-state index in [0.29, 0.717) is 16.5 Å². The van der Waals surface area contributed by atoms with Crippen molar-refractivity contribution in [3.63, 3.8) is 0 Å². The summed E-state index contributed by atoms with van der Waals surface area (Å²) in [5.74, 6) is -1.45. The lowest BCUT2D eigenvalue weighted by molar-refractivity contribution is -0.143. The van der Waals surface area contributed by atoms with Gasteiger partial charge in [-0.25, -0.2) is 4.68 Å². The van der Waals surface area contributed by atoms with Gasteiger partial charge in [-0.3, -0.25) is 14.4 Å². The lowest BCUT2D eigenvalue weighted by atomic mass is 10.1. The van der Waals surface area contributed by atoms with Crippen LogP contribution in [0.1, 0.15) is 5.69 Å². The molecule has 1 heterocycles. The van der Waals surface area contributed by atoms with Crippen LogP contribution in [0.5, 0.6) is 0 Å². The zero-order chi connectivity index (χ0) is 15.6. The molecule has 0 saturated carbocycles. The molecule has 1 aromatic heterocycles.